The van der Waals surface area contributed by atoms with Crippen LogP contribution in [0.5, 0.6) is 0 Å². The van der Waals surface area contributed by atoms with E-state index in [-0.39, 0.29) is 22.2 Å². The zero-order valence-corrected chi connectivity index (χ0v) is 13.9. The number of hydrogen-bond acceptors (Lipinski definition) is 3. The second-order valence-electron chi connectivity index (χ2n) is 7.72. The number of aromatic nitrogens is 1. The Hall–Kier alpha value is -2.14. The first-order chi connectivity index (χ1) is 11.3. The lowest BCUT2D eigenvalue weighted by Crippen LogP contribution is -2.46. The highest BCUT2D eigenvalue weighted by molar-refractivity contribution is 6.08. The third-order valence-corrected chi connectivity index (χ3v) is 5.66. The molecule has 2 aromatic rings. The van der Waals surface area contributed by atoms with Gasteiger partial charge in [0.05, 0.1) is 11.3 Å². The molecule has 1 aromatic carbocycles. The average molecular weight is 327 g/mol. The number of benzene rings is 1. The molecule has 126 valence electrons. The normalized spacial score (nSPS) is 21.8. The Morgan fingerprint density at radius 3 is 2.62 bits per heavy atom. The van der Waals surface area contributed by atoms with Gasteiger partial charge in [0.25, 0.3) is 0 Å². The van der Waals surface area contributed by atoms with Crippen LogP contribution in [0.15, 0.2) is 18.2 Å². The van der Waals surface area contributed by atoms with Gasteiger partial charge >= 0.3 is 5.97 Å². The van der Waals surface area contributed by atoms with E-state index >= 15 is 0 Å². The van der Waals surface area contributed by atoms with Crippen LogP contribution in [0.1, 0.15) is 59.5 Å². The van der Waals surface area contributed by atoms with E-state index in [1.807, 2.05) is 0 Å². The first kappa shape index (κ1) is 15.4. The molecule has 24 heavy (non-hydrogen) atoms. The summed E-state index contributed by atoms with van der Waals surface area (Å²) in [6, 6.07) is 5.02. The largest absolute Gasteiger partial charge is 0.478 e. The number of carboxylic acid groups (broad SMARTS) is 1. The summed E-state index contributed by atoms with van der Waals surface area (Å²) >= 11 is 0. The molecule has 1 spiro atoms. The van der Waals surface area contributed by atoms with Crippen LogP contribution >= 0.6 is 0 Å². The molecule has 1 fully saturated rings. The lowest BCUT2D eigenvalue weighted by Gasteiger charge is -2.45. The molecule has 4 rings (SSSR count). The first-order valence-electron chi connectivity index (χ1n) is 8.36. The SMILES string of the molecule is CC1(C)CC2(CCOCC2)C(=O)c2[nH]c3ccc(C(=O)O)cc3c21. The van der Waals surface area contributed by atoms with Crippen molar-refractivity contribution in [2.75, 3.05) is 13.2 Å². The highest BCUT2D eigenvalue weighted by Gasteiger charge is 2.51. The second kappa shape index (κ2) is 4.93. The van der Waals surface area contributed by atoms with E-state index in [0.717, 1.165) is 35.7 Å². The number of fused-ring (bicyclic) bond motifs is 3. The van der Waals surface area contributed by atoms with Gasteiger partial charge in [0, 0.05) is 29.5 Å². The van der Waals surface area contributed by atoms with E-state index in [4.69, 9.17) is 4.74 Å². The number of ketones is 1. The Balaban J connectivity index is 1.95. The number of Topliss-reactive ketones (excluding diaryl/α,β-unsaturated/α-hetero) is 1. The van der Waals surface area contributed by atoms with Crippen molar-refractivity contribution in [2.45, 2.75) is 38.5 Å². The quantitative estimate of drug-likeness (QED) is 0.840. The highest BCUT2D eigenvalue weighted by Crippen LogP contribution is 2.52. The van der Waals surface area contributed by atoms with Crippen LogP contribution in [0.2, 0.25) is 0 Å². The Kier molecular flexibility index (Phi) is 3.16. The zero-order valence-electron chi connectivity index (χ0n) is 13.9. The van der Waals surface area contributed by atoms with Crippen molar-refractivity contribution >= 4 is 22.7 Å². The van der Waals surface area contributed by atoms with Gasteiger partial charge in [-0.05, 0) is 48.4 Å². The molecular weight excluding hydrogens is 306 g/mol. The third kappa shape index (κ3) is 2.04. The first-order valence-corrected chi connectivity index (χ1v) is 8.36. The van der Waals surface area contributed by atoms with E-state index in [1.54, 1.807) is 18.2 Å². The summed E-state index contributed by atoms with van der Waals surface area (Å²) in [4.78, 5) is 27.9. The number of ether oxygens (including phenoxy) is 1. The van der Waals surface area contributed by atoms with E-state index in [9.17, 15) is 14.7 Å². The van der Waals surface area contributed by atoms with E-state index in [0.29, 0.717) is 18.9 Å². The van der Waals surface area contributed by atoms with E-state index in [2.05, 4.69) is 18.8 Å². The Morgan fingerprint density at radius 1 is 1.25 bits per heavy atom. The second-order valence-corrected chi connectivity index (χ2v) is 7.72. The average Bonchev–Trinajstić information content (AvgIpc) is 2.93. The number of carbonyl (C=O) groups excluding carboxylic acids is 1. The number of aromatic amines is 1. The Bertz CT molecular complexity index is 856. The molecular formula is C19H21NO4. The van der Waals surface area contributed by atoms with Gasteiger partial charge in [0.15, 0.2) is 5.78 Å². The van der Waals surface area contributed by atoms with Crippen LogP contribution in [-0.4, -0.2) is 35.1 Å². The zero-order chi connectivity index (χ0) is 17.1. The third-order valence-electron chi connectivity index (χ3n) is 5.66. The molecule has 0 saturated carbocycles. The minimum Gasteiger partial charge on any atom is -0.478 e. The van der Waals surface area contributed by atoms with Gasteiger partial charge in [-0.2, -0.15) is 0 Å². The van der Waals surface area contributed by atoms with Crippen molar-refractivity contribution in [3.8, 4) is 0 Å². The number of H-pyrrole nitrogens is 1. The molecule has 0 amide bonds. The molecule has 1 aliphatic heterocycles. The predicted octanol–water partition coefficient (Wildman–Crippen LogP) is 3.53. The summed E-state index contributed by atoms with van der Waals surface area (Å²) < 4.78 is 5.47. The van der Waals surface area contributed by atoms with E-state index in [1.165, 1.54) is 0 Å². The maximum Gasteiger partial charge on any atom is 0.335 e. The molecule has 0 bridgehead atoms. The molecule has 1 aliphatic carbocycles. The van der Waals surface area contributed by atoms with Crippen molar-refractivity contribution in [1.29, 1.82) is 0 Å². The lowest BCUT2D eigenvalue weighted by molar-refractivity contribution is 0.00286. The van der Waals surface area contributed by atoms with Crippen molar-refractivity contribution in [1.82, 2.24) is 4.98 Å². The van der Waals surface area contributed by atoms with Crippen LogP contribution in [-0.2, 0) is 10.2 Å². The van der Waals surface area contributed by atoms with Crippen molar-refractivity contribution in [3.05, 3.63) is 35.0 Å². The standard InChI is InChI=1S/C19H21NO4/c1-18(2)10-19(5-7-24-8-6-19)16(21)15-14(18)12-9-11(17(22)23)3-4-13(12)20-15/h3-4,9,20H,5-8,10H2,1-2H3,(H,22,23). The maximum absolute atomic E-state index is 13.3. The molecule has 2 aliphatic rings. The fourth-order valence-corrected chi connectivity index (χ4v) is 4.64. The van der Waals surface area contributed by atoms with Gasteiger partial charge in [-0.15, -0.1) is 0 Å². The topological polar surface area (TPSA) is 79.4 Å². The highest BCUT2D eigenvalue weighted by atomic mass is 16.5. The van der Waals surface area contributed by atoms with Crippen molar-refractivity contribution in [3.63, 3.8) is 0 Å². The summed E-state index contributed by atoms with van der Waals surface area (Å²) in [6.45, 7) is 5.55. The Labute approximate surface area is 140 Å². The molecule has 2 heterocycles. The van der Waals surface area contributed by atoms with E-state index < -0.39 is 5.97 Å². The van der Waals surface area contributed by atoms with Crippen LogP contribution in [0.4, 0.5) is 0 Å². The molecule has 0 atom stereocenters. The number of aromatic carboxylic acids is 1. The number of nitrogens with one attached hydrogen (secondary N) is 1. The van der Waals surface area contributed by atoms with Gasteiger partial charge in [-0.3, -0.25) is 4.79 Å². The van der Waals surface area contributed by atoms with Crippen LogP contribution in [0, 0.1) is 5.41 Å². The van der Waals surface area contributed by atoms with Gasteiger partial charge in [0.2, 0.25) is 0 Å². The number of carbonyl (C=O) groups is 2. The minimum atomic E-state index is -0.951. The minimum absolute atomic E-state index is 0.160. The molecule has 1 aromatic heterocycles. The van der Waals surface area contributed by atoms with Crippen LogP contribution in [0.25, 0.3) is 10.9 Å². The summed E-state index contributed by atoms with van der Waals surface area (Å²) in [5.41, 5.74) is 2.14. The lowest BCUT2D eigenvalue weighted by atomic mass is 9.59. The van der Waals surface area contributed by atoms with Gasteiger partial charge in [0.1, 0.15) is 0 Å². The molecule has 0 radical (unpaired) electrons. The maximum atomic E-state index is 13.3. The number of rotatable bonds is 1. The van der Waals surface area contributed by atoms with Crippen molar-refractivity contribution in [2.24, 2.45) is 5.41 Å². The fraction of sp³-hybridized carbons (Fsp3) is 0.474. The van der Waals surface area contributed by atoms with Gasteiger partial charge < -0.3 is 14.8 Å². The van der Waals surface area contributed by atoms with Gasteiger partial charge in [-0.1, -0.05) is 13.8 Å². The molecule has 5 nitrogen and oxygen atoms in total. The number of hydrogen-bond donors (Lipinski definition) is 2. The van der Waals surface area contributed by atoms with Crippen LogP contribution in [0.3, 0.4) is 0 Å². The summed E-state index contributed by atoms with van der Waals surface area (Å²) in [5, 5.41) is 10.1. The fourth-order valence-electron chi connectivity index (χ4n) is 4.64. The monoisotopic (exact) mass is 327 g/mol. The summed E-state index contributed by atoms with van der Waals surface area (Å²) in [5.74, 6) is -0.791. The molecule has 2 N–H and O–H groups in total. The molecule has 1 saturated heterocycles. The molecule has 5 heteroatoms. The van der Waals surface area contributed by atoms with Gasteiger partial charge in [-0.25, -0.2) is 4.79 Å². The summed E-state index contributed by atoms with van der Waals surface area (Å²) in [7, 11) is 0. The molecule has 0 unspecified atom stereocenters. The van der Waals surface area contributed by atoms with Crippen LogP contribution < -0.4 is 0 Å². The van der Waals surface area contributed by atoms with Crippen molar-refractivity contribution < 1.29 is 19.4 Å². The smallest absolute Gasteiger partial charge is 0.335 e. The predicted molar refractivity (Wildman–Crippen MR) is 89.7 cm³/mol. The summed E-state index contributed by atoms with van der Waals surface area (Å²) in [6.07, 6.45) is 2.29. The Morgan fingerprint density at radius 2 is 1.96 bits per heavy atom. The number of carboxylic acids is 1.